The van der Waals surface area contributed by atoms with Gasteiger partial charge in [-0.3, -0.25) is 0 Å². The average molecular weight is 265 g/mol. The van der Waals surface area contributed by atoms with E-state index < -0.39 is 0 Å². The van der Waals surface area contributed by atoms with Crippen molar-refractivity contribution in [3.63, 3.8) is 0 Å². The van der Waals surface area contributed by atoms with E-state index in [1.54, 1.807) is 6.20 Å². The molecule has 0 spiro atoms. The van der Waals surface area contributed by atoms with E-state index in [1.807, 2.05) is 6.07 Å². The largest absolute Gasteiger partial charge is 0.370 e. The van der Waals surface area contributed by atoms with E-state index in [1.165, 1.54) is 19.3 Å². The predicted octanol–water partition coefficient (Wildman–Crippen LogP) is 2.44. The van der Waals surface area contributed by atoms with E-state index in [-0.39, 0.29) is 0 Å². The van der Waals surface area contributed by atoms with Gasteiger partial charge < -0.3 is 15.5 Å². The SMILES string of the molecule is CCCCCNc1nccc(NCCCN(C)C)n1. The Balaban J connectivity index is 2.27. The first kappa shape index (κ1) is 15.7. The van der Waals surface area contributed by atoms with Crippen LogP contribution in [0.25, 0.3) is 0 Å². The van der Waals surface area contributed by atoms with E-state index in [0.717, 1.165) is 31.9 Å². The lowest BCUT2D eigenvalue weighted by Gasteiger charge is -2.11. The molecule has 0 atom stereocenters. The summed E-state index contributed by atoms with van der Waals surface area (Å²) in [5, 5.41) is 6.58. The molecule has 0 aromatic carbocycles. The Morgan fingerprint density at radius 2 is 1.89 bits per heavy atom. The molecule has 2 N–H and O–H groups in total. The second kappa shape index (κ2) is 9.55. The Kier molecular flexibility index (Phi) is 7.89. The van der Waals surface area contributed by atoms with Crippen molar-refractivity contribution >= 4 is 11.8 Å². The number of nitrogens with zero attached hydrogens (tertiary/aromatic N) is 3. The lowest BCUT2D eigenvalue weighted by Crippen LogP contribution is -2.16. The second-order valence-corrected chi connectivity index (χ2v) is 4.98. The molecular weight excluding hydrogens is 238 g/mol. The summed E-state index contributed by atoms with van der Waals surface area (Å²) in [5.41, 5.74) is 0. The molecule has 0 fully saturated rings. The normalized spacial score (nSPS) is 10.7. The third-order valence-electron chi connectivity index (χ3n) is 2.81. The third kappa shape index (κ3) is 7.62. The van der Waals surface area contributed by atoms with Gasteiger partial charge in [0.05, 0.1) is 0 Å². The van der Waals surface area contributed by atoms with Crippen molar-refractivity contribution in [3.8, 4) is 0 Å². The molecule has 0 amide bonds. The highest BCUT2D eigenvalue weighted by molar-refractivity contribution is 5.39. The van der Waals surface area contributed by atoms with Gasteiger partial charge in [-0.2, -0.15) is 4.98 Å². The predicted molar refractivity (Wildman–Crippen MR) is 81.7 cm³/mol. The fourth-order valence-electron chi connectivity index (χ4n) is 1.73. The van der Waals surface area contributed by atoms with E-state index in [0.29, 0.717) is 5.95 Å². The van der Waals surface area contributed by atoms with Gasteiger partial charge in [0.1, 0.15) is 5.82 Å². The molecule has 0 aliphatic rings. The molecule has 0 aliphatic heterocycles. The van der Waals surface area contributed by atoms with Crippen molar-refractivity contribution in [1.29, 1.82) is 0 Å². The average Bonchev–Trinajstić information content (AvgIpc) is 2.40. The number of anilines is 2. The fourth-order valence-corrected chi connectivity index (χ4v) is 1.73. The van der Waals surface area contributed by atoms with Crippen molar-refractivity contribution < 1.29 is 0 Å². The van der Waals surface area contributed by atoms with Crippen LogP contribution in [0.5, 0.6) is 0 Å². The summed E-state index contributed by atoms with van der Waals surface area (Å²) in [6.45, 7) is 5.16. The topological polar surface area (TPSA) is 53.1 Å². The quantitative estimate of drug-likeness (QED) is 0.636. The monoisotopic (exact) mass is 265 g/mol. The molecule has 0 unspecified atom stereocenters. The molecule has 1 aromatic rings. The third-order valence-corrected chi connectivity index (χ3v) is 2.81. The van der Waals surface area contributed by atoms with Crippen LogP contribution in [0.3, 0.4) is 0 Å². The van der Waals surface area contributed by atoms with Gasteiger partial charge in [0.2, 0.25) is 5.95 Å². The summed E-state index contributed by atoms with van der Waals surface area (Å²) in [5.74, 6) is 1.61. The minimum absolute atomic E-state index is 0.716. The Hall–Kier alpha value is -1.36. The maximum atomic E-state index is 4.44. The molecular formula is C14H27N5. The zero-order chi connectivity index (χ0) is 13.9. The van der Waals surface area contributed by atoms with Crippen molar-refractivity contribution in [2.24, 2.45) is 0 Å². The Morgan fingerprint density at radius 1 is 1.11 bits per heavy atom. The molecule has 0 saturated heterocycles. The first-order chi connectivity index (χ1) is 9.22. The number of hydrogen-bond acceptors (Lipinski definition) is 5. The number of rotatable bonds is 10. The van der Waals surface area contributed by atoms with Crippen LogP contribution in [0.4, 0.5) is 11.8 Å². The standard InChI is InChI=1S/C14H27N5/c1-4-5-6-9-16-14-17-11-8-13(18-14)15-10-7-12-19(2)3/h8,11H,4-7,9-10,12H2,1-3H3,(H2,15,16,17,18). The van der Waals surface area contributed by atoms with Crippen molar-refractivity contribution in [2.75, 3.05) is 44.4 Å². The highest BCUT2D eigenvalue weighted by atomic mass is 15.1. The van der Waals surface area contributed by atoms with Gasteiger partial charge in [0, 0.05) is 19.3 Å². The minimum atomic E-state index is 0.716. The number of aromatic nitrogens is 2. The molecule has 5 heteroatoms. The van der Waals surface area contributed by atoms with Gasteiger partial charge in [-0.1, -0.05) is 19.8 Å². The highest BCUT2D eigenvalue weighted by Gasteiger charge is 1.98. The molecule has 0 saturated carbocycles. The summed E-state index contributed by atoms with van der Waals surface area (Å²) in [6.07, 6.45) is 6.55. The highest BCUT2D eigenvalue weighted by Crippen LogP contribution is 2.06. The van der Waals surface area contributed by atoms with Gasteiger partial charge in [-0.25, -0.2) is 4.98 Å². The van der Waals surface area contributed by atoms with E-state index in [4.69, 9.17) is 0 Å². The summed E-state index contributed by atoms with van der Waals surface area (Å²) in [7, 11) is 4.17. The first-order valence-electron chi connectivity index (χ1n) is 7.18. The Morgan fingerprint density at radius 3 is 2.63 bits per heavy atom. The smallest absolute Gasteiger partial charge is 0.224 e. The summed E-state index contributed by atoms with van der Waals surface area (Å²) < 4.78 is 0. The Labute approximate surface area is 116 Å². The molecule has 0 aliphatic carbocycles. The van der Waals surface area contributed by atoms with Gasteiger partial charge >= 0.3 is 0 Å². The van der Waals surface area contributed by atoms with Crippen molar-refractivity contribution in [2.45, 2.75) is 32.6 Å². The number of unbranched alkanes of at least 4 members (excludes halogenated alkanes) is 2. The first-order valence-corrected chi connectivity index (χ1v) is 7.18. The zero-order valence-corrected chi connectivity index (χ0v) is 12.4. The summed E-state index contributed by atoms with van der Waals surface area (Å²) in [4.78, 5) is 10.8. The lowest BCUT2D eigenvalue weighted by atomic mass is 10.2. The summed E-state index contributed by atoms with van der Waals surface area (Å²) >= 11 is 0. The molecule has 1 rings (SSSR count). The molecule has 5 nitrogen and oxygen atoms in total. The van der Waals surface area contributed by atoms with Gasteiger partial charge in [0.15, 0.2) is 0 Å². The molecule has 0 bridgehead atoms. The summed E-state index contributed by atoms with van der Waals surface area (Å²) in [6, 6.07) is 1.91. The molecule has 108 valence electrons. The van der Waals surface area contributed by atoms with Crippen LogP contribution < -0.4 is 10.6 Å². The van der Waals surface area contributed by atoms with Crippen LogP contribution in [0.15, 0.2) is 12.3 Å². The van der Waals surface area contributed by atoms with Crippen LogP contribution in [0.1, 0.15) is 32.6 Å². The van der Waals surface area contributed by atoms with Crippen LogP contribution in [-0.4, -0.2) is 48.6 Å². The van der Waals surface area contributed by atoms with E-state index in [2.05, 4.69) is 46.5 Å². The maximum absolute atomic E-state index is 4.44. The molecule has 19 heavy (non-hydrogen) atoms. The number of hydrogen-bond donors (Lipinski definition) is 2. The van der Waals surface area contributed by atoms with Crippen LogP contribution in [0.2, 0.25) is 0 Å². The van der Waals surface area contributed by atoms with Gasteiger partial charge in [-0.05, 0) is 39.5 Å². The van der Waals surface area contributed by atoms with Crippen molar-refractivity contribution in [1.82, 2.24) is 14.9 Å². The van der Waals surface area contributed by atoms with Crippen molar-refractivity contribution in [3.05, 3.63) is 12.3 Å². The minimum Gasteiger partial charge on any atom is -0.370 e. The molecule has 1 aromatic heterocycles. The van der Waals surface area contributed by atoms with E-state index >= 15 is 0 Å². The van der Waals surface area contributed by atoms with E-state index in [9.17, 15) is 0 Å². The van der Waals surface area contributed by atoms with Gasteiger partial charge in [-0.15, -0.1) is 0 Å². The van der Waals surface area contributed by atoms with Crippen LogP contribution >= 0.6 is 0 Å². The molecule has 0 radical (unpaired) electrons. The number of nitrogens with one attached hydrogen (secondary N) is 2. The zero-order valence-electron chi connectivity index (χ0n) is 12.4. The van der Waals surface area contributed by atoms with Gasteiger partial charge in [0.25, 0.3) is 0 Å². The second-order valence-electron chi connectivity index (χ2n) is 4.98. The van der Waals surface area contributed by atoms with Crippen LogP contribution in [0, 0.1) is 0 Å². The lowest BCUT2D eigenvalue weighted by molar-refractivity contribution is 0.405. The molecule has 1 heterocycles. The Bertz CT molecular complexity index is 340. The maximum Gasteiger partial charge on any atom is 0.224 e. The fraction of sp³-hybridized carbons (Fsp3) is 0.714. The van der Waals surface area contributed by atoms with Crippen LogP contribution in [-0.2, 0) is 0 Å².